The van der Waals surface area contributed by atoms with Crippen molar-refractivity contribution in [1.82, 2.24) is 0 Å². The van der Waals surface area contributed by atoms with Gasteiger partial charge in [0.25, 0.3) is 0 Å². The first-order chi connectivity index (χ1) is 21.9. The quantitative estimate of drug-likeness (QED) is 0.0866. The van der Waals surface area contributed by atoms with Gasteiger partial charge in [-0.05, 0) is 0 Å². The Bertz CT molecular complexity index is 1390. The molecule has 0 spiro atoms. The van der Waals surface area contributed by atoms with Crippen molar-refractivity contribution < 1.29 is 0 Å². The van der Waals surface area contributed by atoms with Gasteiger partial charge in [-0.15, -0.1) is 0 Å². The number of rotatable bonds is 16. The van der Waals surface area contributed by atoms with Crippen LogP contribution >= 0.6 is 45.3 Å². The van der Waals surface area contributed by atoms with Gasteiger partial charge in [0.1, 0.15) is 0 Å². The average Bonchev–Trinajstić information content (AvgIpc) is 3.81. The minimum absolute atomic E-state index is 0.416. The van der Waals surface area contributed by atoms with E-state index in [9.17, 15) is 0 Å². The Morgan fingerprint density at radius 1 is 0.565 bits per heavy atom. The molecular weight excluding hydrogens is 846 g/mol. The molecule has 0 bridgehead atoms. The topological polar surface area (TPSA) is 0 Å². The molecule has 46 heavy (non-hydrogen) atoms. The summed E-state index contributed by atoms with van der Waals surface area (Å²) in [5, 5.41) is 0. The summed E-state index contributed by atoms with van der Waals surface area (Å²) in [6, 6.07) is 15.5. The van der Waals surface area contributed by atoms with E-state index in [4.69, 9.17) is 0 Å². The van der Waals surface area contributed by atoms with Crippen molar-refractivity contribution in [2.45, 2.75) is 133 Å². The first-order valence-corrected chi connectivity index (χ1v) is 41.6. The second-order valence-corrected chi connectivity index (χ2v) is 51.5. The maximum atomic E-state index is 2.73. The molecule has 0 fully saturated rings. The van der Waals surface area contributed by atoms with Crippen LogP contribution in [0.1, 0.15) is 131 Å². The van der Waals surface area contributed by atoms with E-state index in [1.54, 1.807) is 46.2 Å². The molecule has 0 saturated heterocycles. The summed E-state index contributed by atoms with van der Waals surface area (Å²) in [4.78, 5) is 25.5. The third-order valence-electron chi connectivity index (χ3n) is 10.2. The molecule has 1 aliphatic rings. The Hall–Kier alpha value is 0.397. The summed E-state index contributed by atoms with van der Waals surface area (Å²) >= 11 is 4.14. The van der Waals surface area contributed by atoms with Gasteiger partial charge in [-0.25, -0.2) is 0 Å². The van der Waals surface area contributed by atoms with Crippen LogP contribution in [0, 0.1) is 11.8 Å². The second kappa shape index (κ2) is 16.2. The van der Waals surface area contributed by atoms with Crippen LogP contribution in [-0.2, 0) is 12.8 Å². The molecule has 252 valence electrons. The molecular formula is C40H60S4Sn2. The van der Waals surface area contributed by atoms with Gasteiger partial charge in [0.2, 0.25) is 0 Å². The third-order valence-corrected chi connectivity index (χ3v) is 33.8. The summed E-state index contributed by atoms with van der Waals surface area (Å²) in [7, 11) is 0. The maximum absolute atomic E-state index is 2.73. The van der Waals surface area contributed by atoms with Gasteiger partial charge in [-0.2, -0.15) is 0 Å². The number of hydrogen-bond acceptors (Lipinski definition) is 4. The number of hydrogen-bond donors (Lipinski definition) is 0. The SMILES string of the molecule is CCCCC(CC)Cc1ccc(C2c3c[c]([Sn]([CH3])([CH3])[CH3])sc3C(c3ccc(CC(CC)CCCC)s3)c3c[c]([Sn]([CH3])([CH3])[CH3])sc32)s1. The first-order valence-electron chi connectivity index (χ1n) is 18.3. The van der Waals surface area contributed by atoms with Gasteiger partial charge in [0, 0.05) is 0 Å². The Labute approximate surface area is 306 Å². The van der Waals surface area contributed by atoms with Crippen molar-refractivity contribution in [2.75, 3.05) is 0 Å². The molecule has 4 unspecified atom stereocenters. The third kappa shape index (κ3) is 8.64. The van der Waals surface area contributed by atoms with Crippen molar-refractivity contribution >= 4 is 87.9 Å². The van der Waals surface area contributed by atoms with Crippen LogP contribution in [0.3, 0.4) is 0 Å². The van der Waals surface area contributed by atoms with Crippen molar-refractivity contribution in [2.24, 2.45) is 11.8 Å². The minimum atomic E-state index is -2.29. The predicted octanol–water partition coefficient (Wildman–Crippen LogP) is 13.2. The van der Waals surface area contributed by atoms with E-state index in [0.717, 1.165) is 11.8 Å². The van der Waals surface area contributed by atoms with E-state index in [0.29, 0.717) is 11.8 Å². The molecule has 0 aliphatic heterocycles. The molecule has 0 amide bonds. The van der Waals surface area contributed by atoms with Crippen LogP contribution in [0.5, 0.6) is 0 Å². The molecule has 0 radical (unpaired) electrons. The van der Waals surface area contributed by atoms with Crippen LogP contribution in [0.15, 0.2) is 36.4 Å². The zero-order valence-electron chi connectivity index (χ0n) is 30.5. The van der Waals surface area contributed by atoms with Gasteiger partial charge >= 0.3 is 296 Å². The molecule has 4 aromatic heterocycles. The Kier molecular flexibility index (Phi) is 13.2. The molecule has 4 aromatic rings. The summed E-state index contributed by atoms with van der Waals surface area (Å²) in [6.07, 6.45) is 13.2. The van der Waals surface area contributed by atoms with Gasteiger partial charge in [-0.1, -0.05) is 13.8 Å². The zero-order chi connectivity index (χ0) is 33.2. The van der Waals surface area contributed by atoms with E-state index < -0.39 is 36.8 Å². The van der Waals surface area contributed by atoms with Crippen LogP contribution in [0.4, 0.5) is 0 Å². The summed E-state index contributed by atoms with van der Waals surface area (Å²) in [5.41, 5.74) is 3.33. The van der Waals surface area contributed by atoms with Gasteiger partial charge in [0.15, 0.2) is 0 Å². The molecule has 5 rings (SSSR count). The van der Waals surface area contributed by atoms with Crippen molar-refractivity contribution in [1.29, 1.82) is 0 Å². The summed E-state index contributed by atoms with van der Waals surface area (Å²) in [5.74, 6) is 2.47. The molecule has 1 aliphatic carbocycles. The van der Waals surface area contributed by atoms with E-state index in [2.05, 4.69) is 139 Å². The summed E-state index contributed by atoms with van der Waals surface area (Å²) < 4.78 is 3.51. The van der Waals surface area contributed by atoms with Gasteiger partial charge in [-0.3, -0.25) is 0 Å². The van der Waals surface area contributed by atoms with Crippen LogP contribution in [0.2, 0.25) is 29.6 Å². The van der Waals surface area contributed by atoms with E-state index in [1.165, 1.54) is 64.2 Å². The molecule has 0 saturated carbocycles. The van der Waals surface area contributed by atoms with Crippen molar-refractivity contribution in [3.05, 3.63) is 76.8 Å². The Morgan fingerprint density at radius 2 is 0.957 bits per heavy atom. The Morgan fingerprint density at radius 3 is 1.28 bits per heavy atom. The van der Waals surface area contributed by atoms with E-state index in [1.807, 2.05) is 0 Å². The fraction of sp³-hybridized carbons (Fsp3) is 0.600. The average molecular weight is 907 g/mol. The van der Waals surface area contributed by atoms with E-state index in [-0.39, 0.29) is 0 Å². The predicted molar refractivity (Wildman–Crippen MR) is 219 cm³/mol. The Balaban J connectivity index is 1.60. The standard InChI is InChI=1S/C34H42S4.6CH3.2Sn/c1-5-9-11-23(7-3)21-25-13-15-29(37-25)31-27-17-19-36-34(27)32(28-18-20-35-33(28)31)30-16-14-26(38-30)22-24(8-4)12-10-6-2;;;;;;;;/h13-18,23-24,31-32H,5-12,21-22H2,1-4H3;6*1H3;;. The van der Waals surface area contributed by atoms with E-state index >= 15 is 0 Å². The van der Waals surface area contributed by atoms with Crippen LogP contribution in [-0.4, -0.2) is 36.8 Å². The van der Waals surface area contributed by atoms with Gasteiger partial charge < -0.3 is 0 Å². The number of unbranched alkanes of at least 4 members (excludes halogenated alkanes) is 2. The first kappa shape index (κ1) is 37.6. The van der Waals surface area contributed by atoms with Crippen LogP contribution < -0.4 is 5.79 Å². The fourth-order valence-corrected chi connectivity index (χ4v) is 23.0. The van der Waals surface area contributed by atoms with Gasteiger partial charge in [0.05, 0.1) is 0 Å². The normalized spacial score (nSPS) is 18.0. The number of thiophene rings is 4. The fourth-order valence-electron chi connectivity index (χ4n) is 7.10. The number of fused-ring (bicyclic) bond motifs is 2. The molecule has 4 heterocycles. The van der Waals surface area contributed by atoms with Crippen LogP contribution in [0.25, 0.3) is 0 Å². The molecule has 0 aromatic carbocycles. The molecule has 6 heteroatoms. The molecule has 0 nitrogen and oxygen atoms in total. The summed E-state index contributed by atoms with van der Waals surface area (Å²) in [6.45, 7) is 9.47. The van der Waals surface area contributed by atoms with Crippen molar-refractivity contribution in [3.8, 4) is 0 Å². The monoisotopic (exact) mass is 908 g/mol. The zero-order valence-corrected chi connectivity index (χ0v) is 39.5. The molecule has 0 N–H and O–H groups in total. The second-order valence-electron chi connectivity index (χ2n) is 16.1. The molecule has 4 atom stereocenters. The van der Waals surface area contributed by atoms with Crippen molar-refractivity contribution in [3.63, 3.8) is 0 Å².